The maximum Gasteiger partial charge on any atom is 0.123 e. The van der Waals surface area contributed by atoms with E-state index in [1.54, 1.807) is 0 Å². The van der Waals surface area contributed by atoms with E-state index in [0.29, 0.717) is 5.92 Å². The third-order valence-electron chi connectivity index (χ3n) is 3.34. The molecule has 1 aromatic rings. The first-order valence-corrected chi connectivity index (χ1v) is 7.81. The Morgan fingerprint density at radius 2 is 1.85 bits per heavy atom. The van der Waals surface area contributed by atoms with Gasteiger partial charge in [-0.3, -0.25) is 0 Å². The minimum Gasteiger partial charge on any atom is -0.493 e. The summed E-state index contributed by atoms with van der Waals surface area (Å²) in [5.41, 5.74) is 8.37. The van der Waals surface area contributed by atoms with Crippen molar-refractivity contribution in [2.45, 2.75) is 59.3 Å². The molecule has 0 aliphatic heterocycles. The topological polar surface area (TPSA) is 35.2 Å². The molecule has 0 heterocycles. The van der Waals surface area contributed by atoms with Gasteiger partial charge in [0.2, 0.25) is 0 Å². The molecule has 0 atom stereocenters. The highest BCUT2D eigenvalue weighted by Crippen LogP contribution is 2.32. The molecule has 0 aliphatic rings. The lowest BCUT2D eigenvalue weighted by Crippen LogP contribution is -2.15. The number of rotatable bonds is 7. The van der Waals surface area contributed by atoms with Gasteiger partial charge in [-0.2, -0.15) is 0 Å². The van der Waals surface area contributed by atoms with Crippen molar-refractivity contribution in [3.8, 4) is 5.75 Å². The summed E-state index contributed by atoms with van der Waals surface area (Å²) >= 11 is 0. The zero-order valence-corrected chi connectivity index (χ0v) is 13.8. The summed E-state index contributed by atoms with van der Waals surface area (Å²) in [6.45, 7) is 12.6. The Labute approximate surface area is 124 Å². The molecule has 114 valence electrons. The SMILES string of the molecule is CC(C)COc1ccc(CCCCN)cc1C(C)(C)C. The third-order valence-corrected chi connectivity index (χ3v) is 3.34. The van der Waals surface area contributed by atoms with Gasteiger partial charge in [-0.15, -0.1) is 0 Å². The second-order valence-corrected chi connectivity index (χ2v) is 7.03. The van der Waals surface area contributed by atoms with E-state index in [1.165, 1.54) is 11.1 Å². The molecule has 1 rings (SSSR count). The lowest BCUT2D eigenvalue weighted by molar-refractivity contribution is 0.265. The van der Waals surface area contributed by atoms with E-state index in [-0.39, 0.29) is 5.41 Å². The van der Waals surface area contributed by atoms with E-state index in [4.69, 9.17) is 10.5 Å². The van der Waals surface area contributed by atoms with Gasteiger partial charge >= 0.3 is 0 Å². The number of ether oxygens (including phenoxy) is 1. The Balaban J connectivity index is 2.89. The third kappa shape index (κ3) is 5.54. The quantitative estimate of drug-likeness (QED) is 0.754. The highest BCUT2D eigenvalue weighted by molar-refractivity contribution is 5.41. The largest absolute Gasteiger partial charge is 0.493 e. The lowest BCUT2D eigenvalue weighted by Gasteiger charge is -2.24. The predicted octanol–water partition coefficient (Wildman–Crippen LogP) is 4.30. The number of unbranched alkanes of at least 4 members (excludes halogenated alkanes) is 1. The summed E-state index contributed by atoms with van der Waals surface area (Å²) in [6.07, 6.45) is 3.35. The predicted molar refractivity (Wildman–Crippen MR) is 87.5 cm³/mol. The molecule has 0 bridgehead atoms. The van der Waals surface area contributed by atoms with Crippen molar-refractivity contribution in [3.63, 3.8) is 0 Å². The highest BCUT2D eigenvalue weighted by atomic mass is 16.5. The van der Waals surface area contributed by atoms with E-state index in [2.05, 4.69) is 52.8 Å². The first-order chi connectivity index (χ1) is 9.34. The van der Waals surface area contributed by atoms with E-state index >= 15 is 0 Å². The van der Waals surface area contributed by atoms with Gasteiger partial charge in [0.25, 0.3) is 0 Å². The van der Waals surface area contributed by atoms with Gasteiger partial charge in [-0.25, -0.2) is 0 Å². The molecule has 0 saturated heterocycles. The fourth-order valence-electron chi connectivity index (χ4n) is 2.17. The summed E-state index contributed by atoms with van der Waals surface area (Å²) in [5, 5.41) is 0. The second kappa shape index (κ2) is 7.68. The number of hydrogen-bond donors (Lipinski definition) is 1. The normalized spacial score (nSPS) is 11.9. The molecule has 2 nitrogen and oxygen atoms in total. The second-order valence-electron chi connectivity index (χ2n) is 7.03. The average Bonchev–Trinajstić information content (AvgIpc) is 2.36. The Kier molecular flexibility index (Phi) is 6.54. The van der Waals surface area contributed by atoms with Gasteiger partial charge in [0.15, 0.2) is 0 Å². The minimum atomic E-state index is 0.107. The summed E-state index contributed by atoms with van der Waals surface area (Å²) in [7, 11) is 0. The van der Waals surface area contributed by atoms with Crippen LogP contribution in [0.4, 0.5) is 0 Å². The van der Waals surface area contributed by atoms with Crippen molar-refractivity contribution < 1.29 is 4.74 Å². The Hall–Kier alpha value is -1.02. The van der Waals surface area contributed by atoms with Gasteiger partial charge in [0.1, 0.15) is 5.75 Å². The van der Waals surface area contributed by atoms with Crippen LogP contribution in [0.15, 0.2) is 18.2 Å². The molecule has 0 amide bonds. The molecule has 0 aromatic heterocycles. The molecule has 0 fully saturated rings. The van der Waals surface area contributed by atoms with Crippen LogP contribution in [0, 0.1) is 5.92 Å². The molecule has 20 heavy (non-hydrogen) atoms. The number of nitrogens with two attached hydrogens (primary N) is 1. The number of benzene rings is 1. The van der Waals surface area contributed by atoms with Crippen molar-refractivity contribution >= 4 is 0 Å². The summed E-state index contributed by atoms with van der Waals surface area (Å²) in [5.74, 6) is 1.58. The first-order valence-electron chi connectivity index (χ1n) is 7.81. The maximum absolute atomic E-state index is 5.99. The zero-order valence-electron chi connectivity index (χ0n) is 13.8. The van der Waals surface area contributed by atoms with Gasteiger partial charge in [-0.1, -0.05) is 46.8 Å². The van der Waals surface area contributed by atoms with Crippen LogP contribution in [-0.2, 0) is 11.8 Å². The monoisotopic (exact) mass is 277 g/mol. The minimum absolute atomic E-state index is 0.107. The molecular formula is C18H31NO. The van der Waals surface area contributed by atoms with Crippen LogP contribution < -0.4 is 10.5 Å². The van der Waals surface area contributed by atoms with Crippen LogP contribution in [0.3, 0.4) is 0 Å². The van der Waals surface area contributed by atoms with Crippen LogP contribution in [0.1, 0.15) is 58.6 Å². The smallest absolute Gasteiger partial charge is 0.123 e. The van der Waals surface area contributed by atoms with Crippen LogP contribution in [0.25, 0.3) is 0 Å². The molecule has 0 aliphatic carbocycles. The number of aryl methyl sites for hydroxylation is 1. The van der Waals surface area contributed by atoms with Gasteiger partial charge in [0, 0.05) is 0 Å². The van der Waals surface area contributed by atoms with Crippen LogP contribution in [0.2, 0.25) is 0 Å². The van der Waals surface area contributed by atoms with Crippen molar-refractivity contribution in [2.75, 3.05) is 13.2 Å². The highest BCUT2D eigenvalue weighted by Gasteiger charge is 2.19. The fourth-order valence-corrected chi connectivity index (χ4v) is 2.17. The molecule has 2 heteroatoms. The van der Waals surface area contributed by atoms with E-state index < -0.39 is 0 Å². The lowest BCUT2D eigenvalue weighted by atomic mass is 9.85. The van der Waals surface area contributed by atoms with Crippen LogP contribution in [-0.4, -0.2) is 13.2 Å². The zero-order chi connectivity index (χ0) is 15.2. The molecule has 2 N–H and O–H groups in total. The number of hydrogen-bond acceptors (Lipinski definition) is 2. The van der Waals surface area contributed by atoms with Gasteiger partial charge in [-0.05, 0) is 54.3 Å². The van der Waals surface area contributed by atoms with E-state index in [9.17, 15) is 0 Å². The van der Waals surface area contributed by atoms with Crippen molar-refractivity contribution in [1.29, 1.82) is 0 Å². The van der Waals surface area contributed by atoms with Crippen LogP contribution >= 0.6 is 0 Å². The molecule has 0 radical (unpaired) electrons. The maximum atomic E-state index is 5.99. The molecule has 0 saturated carbocycles. The van der Waals surface area contributed by atoms with E-state index in [0.717, 1.165) is 38.2 Å². The van der Waals surface area contributed by atoms with Crippen molar-refractivity contribution in [1.82, 2.24) is 0 Å². The summed E-state index contributed by atoms with van der Waals surface area (Å²) in [4.78, 5) is 0. The van der Waals surface area contributed by atoms with Gasteiger partial charge < -0.3 is 10.5 Å². The molecule has 0 spiro atoms. The van der Waals surface area contributed by atoms with Gasteiger partial charge in [0.05, 0.1) is 6.61 Å². The van der Waals surface area contributed by atoms with Crippen LogP contribution in [0.5, 0.6) is 5.75 Å². The molecular weight excluding hydrogens is 246 g/mol. The van der Waals surface area contributed by atoms with Crippen molar-refractivity contribution in [3.05, 3.63) is 29.3 Å². The first kappa shape index (κ1) is 17.0. The summed E-state index contributed by atoms with van der Waals surface area (Å²) in [6, 6.07) is 6.65. The molecule has 0 unspecified atom stereocenters. The van der Waals surface area contributed by atoms with E-state index in [1.807, 2.05) is 0 Å². The van der Waals surface area contributed by atoms with Crippen molar-refractivity contribution in [2.24, 2.45) is 11.7 Å². The summed E-state index contributed by atoms with van der Waals surface area (Å²) < 4.78 is 5.99. The Morgan fingerprint density at radius 1 is 1.15 bits per heavy atom. The Bertz CT molecular complexity index is 404. The fraction of sp³-hybridized carbons (Fsp3) is 0.667. The molecule has 1 aromatic carbocycles. The Morgan fingerprint density at radius 3 is 2.40 bits per heavy atom. The standard InChI is InChI=1S/C18H31NO/c1-14(2)13-20-17-10-9-15(8-6-7-11-19)12-16(17)18(3,4)5/h9-10,12,14H,6-8,11,13,19H2,1-5H3. The average molecular weight is 277 g/mol.